The Morgan fingerprint density at radius 2 is 1.77 bits per heavy atom. The summed E-state index contributed by atoms with van der Waals surface area (Å²) in [4.78, 5) is 16.8. The number of rotatable bonds is 8. The van der Waals surface area contributed by atoms with Crippen LogP contribution in [0.2, 0.25) is 0 Å². The summed E-state index contributed by atoms with van der Waals surface area (Å²) in [5.41, 5.74) is 4.68. The first-order chi connectivity index (χ1) is 19.4. The molecule has 40 heavy (non-hydrogen) atoms. The molecule has 0 spiro atoms. The standard InChI is InChI=1S/C32H26FN3O4/c1-19-29(35-28-10-6-9-26(34-28)25-18-22(33)12-14-27(25)39-2)30(40-36-19)24-17-21(32(15-16-32)31(37)38)11-13-23(24)20-7-4-3-5-8-20/h3-14,17-18H,15-16H2,1-2H3,(H,34,35)(H,37,38). The summed E-state index contributed by atoms with van der Waals surface area (Å²) < 4.78 is 25.4. The average molecular weight is 536 g/mol. The Balaban J connectivity index is 1.45. The summed E-state index contributed by atoms with van der Waals surface area (Å²) in [6.45, 7) is 1.82. The average Bonchev–Trinajstić information content (AvgIpc) is 3.72. The number of pyridine rings is 1. The summed E-state index contributed by atoms with van der Waals surface area (Å²) in [6, 6.07) is 25.3. The monoisotopic (exact) mass is 535 g/mol. The Morgan fingerprint density at radius 3 is 2.50 bits per heavy atom. The Kier molecular flexibility index (Phi) is 6.30. The molecule has 6 rings (SSSR count). The van der Waals surface area contributed by atoms with E-state index in [9.17, 15) is 14.3 Å². The van der Waals surface area contributed by atoms with Crippen molar-refractivity contribution in [3.05, 3.63) is 102 Å². The molecule has 1 fully saturated rings. The van der Waals surface area contributed by atoms with E-state index in [0.29, 0.717) is 52.8 Å². The zero-order valence-corrected chi connectivity index (χ0v) is 21.9. The highest BCUT2D eigenvalue weighted by Crippen LogP contribution is 2.50. The molecule has 200 valence electrons. The Labute approximate surface area is 230 Å². The number of aryl methyl sites for hydroxylation is 1. The van der Waals surface area contributed by atoms with Crippen molar-refractivity contribution in [3.63, 3.8) is 0 Å². The third-order valence-electron chi connectivity index (χ3n) is 7.36. The van der Waals surface area contributed by atoms with E-state index < -0.39 is 17.2 Å². The number of ether oxygens (including phenoxy) is 1. The van der Waals surface area contributed by atoms with E-state index in [1.165, 1.54) is 19.2 Å². The van der Waals surface area contributed by atoms with Crippen LogP contribution in [0.15, 0.2) is 89.5 Å². The van der Waals surface area contributed by atoms with Gasteiger partial charge < -0.3 is 19.7 Å². The van der Waals surface area contributed by atoms with Gasteiger partial charge in [0, 0.05) is 11.1 Å². The van der Waals surface area contributed by atoms with Gasteiger partial charge in [0.2, 0.25) is 0 Å². The van der Waals surface area contributed by atoms with Crippen LogP contribution in [0, 0.1) is 12.7 Å². The van der Waals surface area contributed by atoms with Gasteiger partial charge >= 0.3 is 5.97 Å². The van der Waals surface area contributed by atoms with Crippen molar-refractivity contribution in [3.8, 4) is 39.5 Å². The number of anilines is 2. The van der Waals surface area contributed by atoms with Crippen LogP contribution in [0.1, 0.15) is 24.1 Å². The van der Waals surface area contributed by atoms with E-state index in [1.54, 1.807) is 18.2 Å². The lowest BCUT2D eigenvalue weighted by atomic mass is 9.89. The molecule has 0 atom stereocenters. The molecule has 2 aromatic heterocycles. The van der Waals surface area contributed by atoms with Crippen molar-refractivity contribution in [2.75, 3.05) is 12.4 Å². The van der Waals surface area contributed by atoms with Crippen molar-refractivity contribution in [2.45, 2.75) is 25.2 Å². The van der Waals surface area contributed by atoms with E-state index in [4.69, 9.17) is 14.2 Å². The number of hydrogen-bond donors (Lipinski definition) is 2. The Bertz CT molecular complexity index is 1730. The van der Waals surface area contributed by atoms with Crippen LogP contribution < -0.4 is 10.1 Å². The van der Waals surface area contributed by atoms with Crippen molar-refractivity contribution in [1.82, 2.24) is 10.1 Å². The molecular formula is C32H26FN3O4. The lowest BCUT2D eigenvalue weighted by molar-refractivity contribution is -0.140. The molecule has 1 saturated carbocycles. The van der Waals surface area contributed by atoms with Crippen molar-refractivity contribution < 1.29 is 23.6 Å². The fourth-order valence-electron chi connectivity index (χ4n) is 5.01. The molecule has 8 heteroatoms. The number of benzene rings is 3. The first kappa shape index (κ1) is 25.3. The molecule has 2 heterocycles. The lowest BCUT2D eigenvalue weighted by Gasteiger charge is -2.16. The quantitative estimate of drug-likeness (QED) is 0.214. The summed E-state index contributed by atoms with van der Waals surface area (Å²) in [6.07, 6.45) is 1.18. The molecule has 2 N–H and O–H groups in total. The SMILES string of the molecule is COc1ccc(F)cc1-c1cccc(Nc2c(C)noc2-c2cc(C3(C(=O)O)CC3)ccc2-c2ccccc2)n1. The molecule has 0 radical (unpaired) electrons. The highest BCUT2D eigenvalue weighted by Gasteiger charge is 2.52. The van der Waals surface area contributed by atoms with Gasteiger partial charge in [0.25, 0.3) is 0 Å². The maximum atomic E-state index is 14.1. The van der Waals surface area contributed by atoms with Gasteiger partial charge in [0.05, 0.1) is 18.2 Å². The molecule has 5 aromatic rings. The molecule has 3 aromatic carbocycles. The Hall–Kier alpha value is -4.98. The van der Waals surface area contributed by atoms with Crippen LogP contribution in [0.25, 0.3) is 33.7 Å². The summed E-state index contributed by atoms with van der Waals surface area (Å²) in [7, 11) is 1.53. The smallest absolute Gasteiger partial charge is 0.314 e. The van der Waals surface area contributed by atoms with Gasteiger partial charge in [0.1, 0.15) is 28.8 Å². The molecule has 1 aliphatic carbocycles. The van der Waals surface area contributed by atoms with Gasteiger partial charge in [-0.3, -0.25) is 4.79 Å². The van der Waals surface area contributed by atoms with E-state index in [0.717, 1.165) is 22.3 Å². The highest BCUT2D eigenvalue weighted by atomic mass is 19.1. The van der Waals surface area contributed by atoms with Gasteiger partial charge in [-0.15, -0.1) is 0 Å². The van der Waals surface area contributed by atoms with Crippen molar-refractivity contribution in [1.29, 1.82) is 0 Å². The predicted octanol–water partition coefficient (Wildman–Crippen LogP) is 7.39. The number of nitrogens with zero attached hydrogens (tertiary/aromatic N) is 2. The number of hydrogen-bond acceptors (Lipinski definition) is 6. The second-order valence-corrected chi connectivity index (χ2v) is 9.86. The Morgan fingerprint density at radius 1 is 0.975 bits per heavy atom. The van der Waals surface area contributed by atoms with Crippen molar-refractivity contribution in [2.24, 2.45) is 0 Å². The van der Waals surface area contributed by atoms with Gasteiger partial charge in [-0.25, -0.2) is 9.37 Å². The zero-order chi connectivity index (χ0) is 27.9. The minimum Gasteiger partial charge on any atom is -0.496 e. The van der Waals surface area contributed by atoms with Crippen LogP contribution >= 0.6 is 0 Å². The molecule has 0 aliphatic heterocycles. The van der Waals surface area contributed by atoms with Crippen molar-refractivity contribution >= 4 is 17.5 Å². The summed E-state index contributed by atoms with van der Waals surface area (Å²) in [5.74, 6) is 0.251. The second kappa shape index (κ2) is 9.96. The number of aliphatic carboxylic acids is 1. The van der Waals surface area contributed by atoms with Gasteiger partial charge in [-0.05, 0) is 72.9 Å². The number of methoxy groups -OCH3 is 1. The maximum Gasteiger partial charge on any atom is 0.314 e. The van der Waals surface area contributed by atoms with E-state index >= 15 is 0 Å². The third kappa shape index (κ3) is 4.47. The number of carboxylic acids is 1. The second-order valence-electron chi connectivity index (χ2n) is 9.86. The third-order valence-corrected chi connectivity index (χ3v) is 7.36. The number of carbonyl (C=O) groups is 1. The summed E-state index contributed by atoms with van der Waals surface area (Å²) in [5, 5.41) is 17.5. The first-order valence-electron chi connectivity index (χ1n) is 12.9. The van der Waals surface area contributed by atoms with Crippen LogP contribution in [0.3, 0.4) is 0 Å². The minimum atomic E-state index is -0.882. The summed E-state index contributed by atoms with van der Waals surface area (Å²) >= 11 is 0. The molecule has 0 unspecified atom stereocenters. The van der Waals surface area contributed by atoms with Crippen LogP contribution in [0.4, 0.5) is 15.9 Å². The van der Waals surface area contributed by atoms with Crippen LogP contribution in [0.5, 0.6) is 5.75 Å². The van der Waals surface area contributed by atoms with Crippen LogP contribution in [-0.2, 0) is 10.2 Å². The number of nitrogens with one attached hydrogen (secondary N) is 1. The van der Waals surface area contributed by atoms with Crippen LogP contribution in [-0.4, -0.2) is 28.3 Å². The largest absolute Gasteiger partial charge is 0.496 e. The predicted molar refractivity (Wildman–Crippen MR) is 150 cm³/mol. The highest BCUT2D eigenvalue weighted by molar-refractivity contribution is 5.91. The minimum absolute atomic E-state index is 0.392. The molecule has 7 nitrogen and oxygen atoms in total. The van der Waals surface area contributed by atoms with Gasteiger partial charge in [-0.2, -0.15) is 0 Å². The number of carboxylic acid groups (broad SMARTS) is 1. The van der Waals surface area contributed by atoms with Gasteiger partial charge in [0.15, 0.2) is 5.76 Å². The zero-order valence-electron chi connectivity index (χ0n) is 21.9. The molecular weight excluding hydrogens is 509 g/mol. The topological polar surface area (TPSA) is 97.5 Å². The van der Waals surface area contributed by atoms with E-state index in [1.807, 2.05) is 61.5 Å². The molecule has 0 amide bonds. The van der Waals surface area contributed by atoms with E-state index in [-0.39, 0.29) is 0 Å². The number of halogens is 1. The van der Waals surface area contributed by atoms with E-state index in [2.05, 4.69) is 10.5 Å². The lowest BCUT2D eigenvalue weighted by Crippen LogP contribution is -2.19. The fourth-order valence-corrected chi connectivity index (χ4v) is 5.01. The maximum absolute atomic E-state index is 14.1. The fraction of sp³-hybridized carbons (Fsp3) is 0.156. The van der Waals surface area contributed by atoms with Gasteiger partial charge in [-0.1, -0.05) is 53.7 Å². The normalized spacial score (nSPS) is 13.6. The molecule has 0 bridgehead atoms. The molecule has 0 saturated heterocycles. The first-order valence-corrected chi connectivity index (χ1v) is 12.9. The number of aromatic nitrogens is 2. The molecule has 1 aliphatic rings.